The molecule has 0 saturated carbocycles. The van der Waals surface area contributed by atoms with Crippen LogP contribution in [0, 0.1) is 0 Å². The second-order valence-electron chi connectivity index (χ2n) is 3.53. The van der Waals surface area contributed by atoms with E-state index in [2.05, 4.69) is 4.74 Å². The van der Waals surface area contributed by atoms with Gasteiger partial charge in [0.2, 0.25) is 0 Å². The van der Waals surface area contributed by atoms with Gasteiger partial charge in [-0.25, -0.2) is 4.79 Å². The number of fused-ring (bicyclic) bond motifs is 1. The summed E-state index contributed by atoms with van der Waals surface area (Å²) in [6.45, 7) is -0.220. The predicted molar refractivity (Wildman–Crippen MR) is 63.1 cm³/mol. The average Bonchev–Trinajstić information content (AvgIpc) is 2.35. The van der Waals surface area contributed by atoms with Crippen LogP contribution in [0.2, 0.25) is 0 Å². The average molecular weight is 232 g/mol. The number of hydrogen-bond acceptors (Lipinski definition) is 4. The van der Waals surface area contributed by atoms with Gasteiger partial charge in [-0.05, 0) is 22.9 Å². The molecular formula is C13H12O4. The highest BCUT2D eigenvalue weighted by atomic mass is 16.6. The van der Waals surface area contributed by atoms with E-state index >= 15 is 0 Å². The van der Waals surface area contributed by atoms with Crippen molar-refractivity contribution in [3.8, 4) is 11.5 Å². The molecule has 0 fully saturated rings. The minimum absolute atomic E-state index is 0.00704. The van der Waals surface area contributed by atoms with Gasteiger partial charge in [-0.15, -0.1) is 0 Å². The molecule has 4 heteroatoms. The van der Waals surface area contributed by atoms with Crippen LogP contribution < -0.4 is 4.74 Å². The Bertz CT molecular complexity index is 548. The second kappa shape index (κ2) is 4.74. The number of phenolic OH excluding ortho intramolecular Hbond substituents is 1. The van der Waals surface area contributed by atoms with Gasteiger partial charge >= 0.3 is 5.97 Å². The molecule has 1 N–H and O–H groups in total. The molecule has 0 aliphatic rings. The summed E-state index contributed by atoms with van der Waals surface area (Å²) in [4.78, 5) is 10.9. The third-order valence-electron chi connectivity index (χ3n) is 2.40. The normalized spacial score (nSPS) is 10.2. The number of benzene rings is 2. The molecular weight excluding hydrogens is 220 g/mol. The van der Waals surface area contributed by atoms with Gasteiger partial charge in [0, 0.05) is 0 Å². The fraction of sp³-hybridized carbons (Fsp3) is 0.154. The predicted octanol–water partition coefficient (Wildman–Crippen LogP) is 2.10. The van der Waals surface area contributed by atoms with Gasteiger partial charge in [0.1, 0.15) is 0 Å². The maximum absolute atomic E-state index is 10.9. The van der Waals surface area contributed by atoms with E-state index in [1.165, 1.54) is 7.11 Å². The number of aromatic hydroxyl groups is 1. The molecule has 0 spiro atoms. The van der Waals surface area contributed by atoms with E-state index in [4.69, 9.17) is 4.74 Å². The zero-order valence-electron chi connectivity index (χ0n) is 9.34. The van der Waals surface area contributed by atoms with E-state index in [-0.39, 0.29) is 18.1 Å². The number of ether oxygens (including phenoxy) is 2. The molecule has 0 aliphatic heterocycles. The van der Waals surface area contributed by atoms with Crippen LogP contribution in [0.5, 0.6) is 11.5 Å². The summed E-state index contributed by atoms with van der Waals surface area (Å²) in [5.74, 6) is -0.209. The monoisotopic (exact) mass is 232 g/mol. The summed E-state index contributed by atoms with van der Waals surface area (Å²) in [6, 6.07) is 10.9. The van der Waals surface area contributed by atoms with Gasteiger partial charge in [-0.2, -0.15) is 0 Å². The third-order valence-corrected chi connectivity index (χ3v) is 2.40. The molecule has 0 heterocycles. The maximum atomic E-state index is 10.9. The molecule has 2 aromatic rings. The summed E-state index contributed by atoms with van der Waals surface area (Å²) in [7, 11) is 1.28. The van der Waals surface area contributed by atoms with Crippen molar-refractivity contribution in [3.63, 3.8) is 0 Å². The number of hydrogen-bond donors (Lipinski definition) is 1. The highest BCUT2D eigenvalue weighted by Crippen LogP contribution is 2.31. The molecule has 0 aromatic heterocycles. The number of rotatable bonds is 3. The third kappa shape index (κ3) is 2.47. The van der Waals surface area contributed by atoms with E-state index < -0.39 is 5.97 Å². The Hall–Kier alpha value is -2.23. The molecule has 2 rings (SSSR count). The smallest absolute Gasteiger partial charge is 0.343 e. The lowest BCUT2D eigenvalue weighted by atomic mass is 10.1. The summed E-state index contributed by atoms with van der Waals surface area (Å²) in [5, 5.41) is 11.6. The van der Waals surface area contributed by atoms with Crippen molar-refractivity contribution in [1.29, 1.82) is 0 Å². The number of phenols is 1. The minimum atomic E-state index is -0.488. The zero-order chi connectivity index (χ0) is 12.3. The van der Waals surface area contributed by atoms with Gasteiger partial charge in [-0.1, -0.05) is 24.3 Å². The Morgan fingerprint density at radius 2 is 1.88 bits per heavy atom. The van der Waals surface area contributed by atoms with E-state index in [0.717, 1.165) is 10.8 Å². The molecule has 88 valence electrons. The first-order valence-electron chi connectivity index (χ1n) is 5.12. The van der Waals surface area contributed by atoms with Crippen LogP contribution in [0.4, 0.5) is 0 Å². The van der Waals surface area contributed by atoms with Crippen LogP contribution in [-0.4, -0.2) is 24.8 Å². The number of methoxy groups -OCH3 is 1. The van der Waals surface area contributed by atoms with Gasteiger partial charge < -0.3 is 14.6 Å². The van der Waals surface area contributed by atoms with Crippen molar-refractivity contribution in [3.05, 3.63) is 36.4 Å². The van der Waals surface area contributed by atoms with Gasteiger partial charge in [-0.3, -0.25) is 0 Å². The van der Waals surface area contributed by atoms with Gasteiger partial charge in [0.05, 0.1) is 7.11 Å². The summed E-state index contributed by atoms with van der Waals surface area (Å²) in [6.07, 6.45) is 0. The van der Waals surface area contributed by atoms with Gasteiger partial charge in [0.25, 0.3) is 0 Å². The molecule has 0 radical (unpaired) electrons. The fourth-order valence-electron chi connectivity index (χ4n) is 1.52. The molecule has 0 atom stereocenters. The van der Waals surface area contributed by atoms with Crippen molar-refractivity contribution in [2.45, 2.75) is 0 Å². The van der Waals surface area contributed by atoms with Crippen LogP contribution in [0.1, 0.15) is 0 Å². The number of carbonyl (C=O) groups excluding carboxylic acids is 1. The van der Waals surface area contributed by atoms with Crippen molar-refractivity contribution >= 4 is 16.7 Å². The standard InChI is InChI=1S/C13H12O4/c1-16-13(15)8-17-12-7-10-5-3-2-4-9(10)6-11(12)14/h2-7,14H,8H2,1H3. The Kier molecular flexibility index (Phi) is 3.14. The summed E-state index contributed by atoms with van der Waals surface area (Å²) >= 11 is 0. The van der Waals surface area contributed by atoms with E-state index in [9.17, 15) is 9.90 Å². The summed E-state index contributed by atoms with van der Waals surface area (Å²) < 4.78 is 9.63. The quantitative estimate of drug-likeness (QED) is 0.823. The van der Waals surface area contributed by atoms with Crippen molar-refractivity contribution in [2.24, 2.45) is 0 Å². The van der Waals surface area contributed by atoms with E-state index in [1.54, 1.807) is 12.1 Å². The zero-order valence-corrected chi connectivity index (χ0v) is 9.34. The van der Waals surface area contributed by atoms with Crippen LogP contribution in [0.25, 0.3) is 10.8 Å². The first-order chi connectivity index (χ1) is 8.20. The lowest BCUT2D eigenvalue weighted by molar-refractivity contribution is -0.142. The maximum Gasteiger partial charge on any atom is 0.343 e. The molecule has 0 aliphatic carbocycles. The lowest BCUT2D eigenvalue weighted by Gasteiger charge is -2.08. The van der Waals surface area contributed by atoms with Crippen LogP contribution in [0.3, 0.4) is 0 Å². The molecule has 17 heavy (non-hydrogen) atoms. The van der Waals surface area contributed by atoms with Crippen molar-refractivity contribution < 1.29 is 19.4 Å². The van der Waals surface area contributed by atoms with E-state index in [1.807, 2.05) is 24.3 Å². The molecule has 0 saturated heterocycles. The molecule has 0 bridgehead atoms. The van der Waals surface area contributed by atoms with Gasteiger partial charge in [0.15, 0.2) is 18.1 Å². The molecule has 4 nitrogen and oxygen atoms in total. The Balaban J connectivity index is 2.28. The largest absolute Gasteiger partial charge is 0.504 e. The first-order valence-corrected chi connectivity index (χ1v) is 5.12. The first kappa shape index (κ1) is 11.3. The Morgan fingerprint density at radius 3 is 2.53 bits per heavy atom. The van der Waals surface area contributed by atoms with Crippen LogP contribution >= 0.6 is 0 Å². The highest BCUT2D eigenvalue weighted by Gasteiger charge is 2.07. The second-order valence-corrected chi connectivity index (χ2v) is 3.53. The van der Waals surface area contributed by atoms with Crippen molar-refractivity contribution in [2.75, 3.05) is 13.7 Å². The summed E-state index contributed by atoms with van der Waals surface area (Å²) in [5.41, 5.74) is 0. The fourth-order valence-corrected chi connectivity index (χ4v) is 1.52. The number of esters is 1. The molecule has 0 unspecified atom stereocenters. The van der Waals surface area contributed by atoms with Crippen LogP contribution in [-0.2, 0) is 9.53 Å². The molecule has 0 amide bonds. The highest BCUT2D eigenvalue weighted by molar-refractivity contribution is 5.86. The minimum Gasteiger partial charge on any atom is -0.504 e. The number of carbonyl (C=O) groups is 1. The van der Waals surface area contributed by atoms with E-state index in [0.29, 0.717) is 0 Å². The lowest BCUT2D eigenvalue weighted by Crippen LogP contribution is -2.12. The molecule has 2 aromatic carbocycles. The van der Waals surface area contributed by atoms with Crippen LogP contribution in [0.15, 0.2) is 36.4 Å². The Morgan fingerprint density at radius 1 is 1.24 bits per heavy atom. The topological polar surface area (TPSA) is 55.8 Å². The van der Waals surface area contributed by atoms with Crippen molar-refractivity contribution in [1.82, 2.24) is 0 Å². The Labute approximate surface area is 98.4 Å². The SMILES string of the molecule is COC(=O)COc1cc2ccccc2cc1O.